The second kappa shape index (κ2) is 6.94. The van der Waals surface area contributed by atoms with Gasteiger partial charge in [-0.25, -0.2) is 0 Å². The van der Waals surface area contributed by atoms with Crippen LogP contribution in [0.2, 0.25) is 0 Å². The summed E-state index contributed by atoms with van der Waals surface area (Å²) in [7, 11) is 0. The molecule has 0 saturated heterocycles. The lowest BCUT2D eigenvalue weighted by Crippen LogP contribution is -2.32. The van der Waals surface area contributed by atoms with Gasteiger partial charge in [0.2, 0.25) is 0 Å². The van der Waals surface area contributed by atoms with Gasteiger partial charge in [0.05, 0.1) is 0 Å². The number of carbonyl (C=O) groups is 1. The van der Waals surface area contributed by atoms with Crippen molar-refractivity contribution in [1.29, 1.82) is 0 Å². The quantitative estimate of drug-likeness (QED) is 0.785. The maximum Gasteiger partial charge on any atom is 0.253 e. The highest BCUT2D eigenvalue weighted by atomic mass is 16.2. The lowest BCUT2D eigenvalue weighted by atomic mass is 10.1. The molecule has 3 nitrogen and oxygen atoms in total. The molecule has 0 saturated carbocycles. The monoisotopic (exact) mass is 270 g/mol. The minimum atomic E-state index is 0.132. The smallest absolute Gasteiger partial charge is 0.253 e. The highest BCUT2D eigenvalue weighted by molar-refractivity contribution is 5.94. The van der Waals surface area contributed by atoms with Crippen LogP contribution in [0.4, 0.5) is 0 Å². The predicted octanol–water partition coefficient (Wildman–Crippen LogP) is 3.74. The van der Waals surface area contributed by atoms with Gasteiger partial charge in [-0.3, -0.25) is 4.79 Å². The normalized spacial score (nSPS) is 10.5. The highest BCUT2D eigenvalue weighted by Gasteiger charge is 2.13. The first kappa shape index (κ1) is 14.4. The van der Waals surface area contributed by atoms with Gasteiger partial charge >= 0.3 is 0 Å². The van der Waals surface area contributed by atoms with Gasteiger partial charge in [0.25, 0.3) is 5.91 Å². The van der Waals surface area contributed by atoms with E-state index in [0.717, 1.165) is 37.2 Å². The second-order valence-electron chi connectivity index (χ2n) is 4.93. The molecule has 3 heteroatoms. The Kier molecular flexibility index (Phi) is 4.99. The first-order valence-corrected chi connectivity index (χ1v) is 7.29. The first-order valence-electron chi connectivity index (χ1n) is 7.29. The van der Waals surface area contributed by atoms with Gasteiger partial charge in [0.15, 0.2) is 0 Å². The van der Waals surface area contributed by atoms with Crippen molar-refractivity contribution in [3.05, 3.63) is 54.4 Å². The Morgan fingerprint density at radius 1 is 1.00 bits per heavy atom. The van der Waals surface area contributed by atoms with Gasteiger partial charge < -0.3 is 9.47 Å². The summed E-state index contributed by atoms with van der Waals surface area (Å²) in [6, 6.07) is 11.8. The molecular formula is C17H22N2O. The number of aromatic nitrogens is 1. The summed E-state index contributed by atoms with van der Waals surface area (Å²) < 4.78 is 2.03. The molecule has 0 radical (unpaired) electrons. The number of nitrogens with zero attached hydrogens (tertiary/aromatic N) is 2. The van der Waals surface area contributed by atoms with Crippen LogP contribution in [0.1, 0.15) is 37.0 Å². The van der Waals surface area contributed by atoms with E-state index < -0.39 is 0 Å². The zero-order chi connectivity index (χ0) is 14.4. The molecule has 0 fully saturated rings. The number of hydrogen-bond donors (Lipinski definition) is 0. The summed E-state index contributed by atoms with van der Waals surface area (Å²) in [6.45, 7) is 5.86. The fourth-order valence-electron chi connectivity index (χ4n) is 2.32. The second-order valence-corrected chi connectivity index (χ2v) is 4.93. The molecule has 20 heavy (non-hydrogen) atoms. The fraction of sp³-hybridized carbons (Fsp3) is 0.353. The van der Waals surface area contributed by atoms with Crippen molar-refractivity contribution in [1.82, 2.24) is 9.47 Å². The number of amides is 1. The Morgan fingerprint density at radius 3 is 2.05 bits per heavy atom. The zero-order valence-corrected chi connectivity index (χ0v) is 12.2. The Hall–Kier alpha value is -2.03. The van der Waals surface area contributed by atoms with Crippen molar-refractivity contribution in [2.45, 2.75) is 26.7 Å². The molecule has 1 aromatic carbocycles. The average molecular weight is 270 g/mol. The maximum atomic E-state index is 12.4. The highest BCUT2D eigenvalue weighted by Crippen LogP contribution is 2.12. The van der Waals surface area contributed by atoms with Gasteiger partial charge in [-0.05, 0) is 49.2 Å². The largest absolute Gasteiger partial charge is 0.339 e. The maximum absolute atomic E-state index is 12.4. The van der Waals surface area contributed by atoms with Crippen LogP contribution < -0.4 is 0 Å². The zero-order valence-electron chi connectivity index (χ0n) is 12.2. The van der Waals surface area contributed by atoms with Crippen LogP contribution in [0.5, 0.6) is 0 Å². The van der Waals surface area contributed by atoms with Gasteiger partial charge in [0, 0.05) is 36.7 Å². The molecule has 0 N–H and O–H groups in total. The molecule has 0 aliphatic carbocycles. The van der Waals surface area contributed by atoms with Crippen LogP contribution in [-0.4, -0.2) is 28.5 Å². The van der Waals surface area contributed by atoms with E-state index in [9.17, 15) is 4.79 Å². The van der Waals surface area contributed by atoms with Crippen LogP contribution >= 0.6 is 0 Å². The standard InChI is InChI=1S/C17H22N2O/c1-3-11-19(12-4-2)17(20)15-7-9-16(10-8-15)18-13-5-6-14-18/h5-10,13-14H,3-4,11-12H2,1-2H3. The minimum Gasteiger partial charge on any atom is -0.339 e. The molecule has 0 bridgehead atoms. The summed E-state index contributed by atoms with van der Waals surface area (Å²) in [4.78, 5) is 14.4. The third-order valence-corrected chi connectivity index (χ3v) is 3.29. The van der Waals surface area contributed by atoms with Crippen LogP contribution in [0, 0.1) is 0 Å². The van der Waals surface area contributed by atoms with E-state index in [2.05, 4.69) is 13.8 Å². The van der Waals surface area contributed by atoms with E-state index in [1.165, 1.54) is 0 Å². The summed E-state index contributed by atoms with van der Waals surface area (Å²) in [5, 5.41) is 0. The minimum absolute atomic E-state index is 0.132. The summed E-state index contributed by atoms with van der Waals surface area (Å²) >= 11 is 0. The third-order valence-electron chi connectivity index (χ3n) is 3.29. The lowest BCUT2D eigenvalue weighted by molar-refractivity contribution is 0.0755. The fourth-order valence-corrected chi connectivity index (χ4v) is 2.32. The first-order chi connectivity index (χ1) is 9.76. The van der Waals surface area contributed by atoms with E-state index >= 15 is 0 Å². The number of rotatable bonds is 6. The molecule has 0 unspecified atom stereocenters. The van der Waals surface area contributed by atoms with Gasteiger partial charge in [-0.2, -0.15) is 0 Å². The van der Waals surface area contributed by atoms with Crippen LogP contribution in [0.15, 0.2) is 48.8 Å². The number of hydrogen-bond acceptors (Lipinski definition) is 1. The Morgan fingerprint density at radius 2 is 1.55 bits per heavy atom. The van der Waals surface area contributed by atoms with Crippen molar-refractivity contribution in [3.63, 3.8) is 0 Å². The van der Waals surface area contributed by atoms with Crippen LogP contribution in [0.3, 0.4) is 0 Å². The van der Waals surface area contributed by atoms with E-state index in [1.54, 1.807) is 0 Å². The predicted molar refractivity (Wildman–Crippen MR) is 82.3 cm³/mol. The molecule has 1 heterocycles. The van der Waals surface area contributed by atoms with Gasteiger partial charge in [-0.1, -0.05) is 13.8 Å². The van der Waals surface area contributed by atoms with E-state index in [4.69, 9.17) is 0 Å². The van der Waals surface area contributed by atoms with Crippen molar-refractivity contribution in [3.8, 4) is 5.69 Å². The summed E-state index contributed by atoms with van der Waals surface area (Å²) in [5.41, 5.74) is 1.84. The Bertz CT molecular complexity index is 523. The third kappa shape index (κ3) is 3.29. The molecule has 2 rings (SSSR count). The molecule has 0 aliphatic heterocycles. The summed E-state index contributed by atoms with van der Waals surface area (Å²) in [6.07, 6.45) is 5.98. The van der Waals surface area contributed by atoms with E-state index in [1.807, 2.05) is 58.3 Å². The Balaban J connectivity index is 2.14. The molecule has 2 aromatic rings. The molecule has 1 amide bonds. The average Bonchev–Trinajstić information content (AvgIpc) is 3.01. The van der Waals surface area contributed by atoms with Crippen LogP contribution in [0.25, 0.3) is 5.69 Å². The molecule has 0 spiro atoms. The molecule has 1 aromatic heterocycles. The van der Waals surface area contributed by atoms with Gasteiger partial charge in [0.1, 0.15) is 0 Å². The van der Waals surface area contributed by atoms with Crippen molar-refractivity contribution >= 4 is 5.91 Å². The number of carbonyl (C=O) groups excluding carboxylic acids is 1. The van der Waals surface area contributed by atoms with Crippen molar-refractivity contribution in [2.24, 2.45) is 0 Å². The Labute approximate surface area is 120 Å². The van der Waals surface area contributed by atoms with Crippen molar-refractivity contribution < 1.29 is 4.79 Å². The molecular weight excluding hydrogens is 248 g/mol. The SMILES string of the molecule is CCCN(CCC)C(=O)c1ccc(-n2cccc2)cc1. The van der Waals surface area contributed by atoms with Gasteiger partial charge in [-0.15, -0.1) is 0 Å². The molecule has 0 atom stereocenters. The molecule has 106 valence electrons. The van der Waals surface area contributed by atoms with E-state index in [0.29, 0.717) is 0 Å². The van der Waals surface area contributed by atoms with Crippen LogP contribution in [-0.2, 0) is 0 Å². The summed E-state index contributed by atoms with van der Waals surface area (Å²) in [5.74, 6) is 0.132. The topological polar surface area (TPSA) is 25.2 Å². The van der Waals surface area contributed by atoms with Crippen molar-refractivity contribution in [2.75, 3.05) is 13.1 Å². The molecule has 0 aliphatic rings. The van der Waals surface area contributed by atoms with E-state index in [-0.39, 0.29) is 5.91 Å². The number of benzene rings is 1. The lowest BCUT2D eigenvalue weighted by Gasteiger charge is -2.21.